The van der Waals surface area contributed by atoms with Gasteiger partial charge in [-0.3, -0.25) is 19.7 Å². The average molecular weight is 564 g/mol. The smallest absolute Gasteiger partial charge is 0.255 e. The Kier molecular flexibility index (Phi) is 8.63. The number of imide groups is 1. The molecule has 2 saturated carbocycles. The number of rotatable bonds is 9. The third kappa shape index (κ3) is 6.03. The predicted octanol–water partition coefficient (Wildman–Crippen LogP) is 5.95. The number of piperidine rings is 1. The van der Waals surface area contributed by atoms with Crippen molar-refractivity contribution in [2.75, 3.05) is 0 Å². The van der Waals surface area contributed by atoms with Gasteiger partial charge in [0.15, 0.2) is 0 Å². The van der Waals surface area contributed by atoms with E-state index in [0.29, 0.717) is 30.3 Å². The van der Waals surface area contributed by atoms with E-state index in [2.05, 4.69) is 22.8 Å². The number of carbonyl (C=O) groups excluding carboxylic acids is 3. The minimum atomic E-state index is -0.596. The molecule has 3 heterocycles. The fraction of sp³-hybridized carbons (Fsp3) is 0.594. The molecule has 0 radical (unpaired) electrons. The fourth-order valence-electron chi connectivity index (χ4n) is 7.36. The first-order valence-corrected chi connectivity index (χ1v) is 16.3. The van der Waals surface area contributed by atoms with Crippen molar-refractivity contribution in [1.29, 1.82) is 0 Å². The second-order valence-electron chi connectivity index (χ2n) is 12.0. The lowest BCUT2D eigenvalue weighted by molar-refractivity contribution is -0.136. The molecule has 2 aliphatic heterocycles. The lowest BCUT2D eigenvalue weighted by atomic mass is 9.74. The number of furan rings is 1. The molecule has 2 aliphatic carbocycles. The van der Waals surface area contributed by atoms with Crippen LogP contribution in [0.3, 0.4) is 0 Å². The third-order valence-electron chi connectivity index (χ3n) is 9.45. The third-order valence-corrected chi connectivity index (χ3v) is 10.6. The Morgan fingerprint density at radius 3 is 2.30 bits per heavy atom. The largest absolute Gasteiger partial charge is 0.464 e. The molecule has 0 bridgehead atoms. The number of hydrogen-bond donors (Lipinski definition) is 2. The van der Waals surface area contributed by atoms with Crippen LogP contribution in [0, 0.1) is 11.8 Å². The molecule has 3 fully saturated rings. The molecule has 1 unspecified atom stereocenters. The van der Waals surface area contributed by atoms with E-state index in [-0.39, 0.29) is 24.1 Å². The molecule has 8 heteroatoms. The first kappa shape index (κ1) is 27.6. The average Bonchev–Trinajstić information content (AvgIpc) is 3.57. The SMILES string of the molecule is O=C1CCC(N2Cc3c(SCc4ccc(CNC(C5CCCCC5)C5CCCCC5)o4)cccc3C2=O)C(=O)N1. The predicted molar refractivity (Wildman–Crippen MR) is 155 cm³/mol. The van der Waals surface area contributed by atoms with Crippen LogP contribution in [0.15, 0.2) is 39.6 Å². The van der Waals surface area contributed by atoms with Crippen molar-refractivity contribution in [3.8, 4) is 0 Å². The van der Waals surface area contributed by atoms with Gasteiger partial charge in [0.1, 0.15) is 17.6 Å². The van der Waals surface area contributed by atoms with Gasteiger partial charge in [0.25, 0.3) is 5.91 Å². The topological polar surface area (TPSA) is 91.7 Å². The maximum atomic E-state index is 13.1. The van der Waals surface area contributed by atoms with Crippen LogP contribution in [0.1, 0.15) is 104 Å². The molecular formula is C32H41N3O4S. The number of nitrogens with one attached hydrogen (secondary N) is 2. The van der Waals surface area contributed by atoms with Crippen molar-refractivity contribution in [3.63, 3.8) is 0 Å². The molecule has 1 saturated heterocycles. The maximum Gasteiger partial charge on any atom is 0.255 e. The van der Waals surface area contributed by atoms with Gasteiger partial charge >= 0.3 is 0 Å². The summed E-state index contributed by atoms with van der Waals surface area (Å²) in [7, 11) is 0. The Bertz CT molecular complexity index is 1210. The van der Waals surface area contributed by atoms with Gasteiger partial charge in [0.2, 0.25) is 11.8 Å². The highest BCUT2D eigenvalue weighted by molar-refractivity contribution is 7.98. The molecule has 6 rings (SSSR count). The summed E-state index contributed by atoms with van der Waals surface area (Å²) in [5, 5.41) is 6.32. The van der Waals surface area contributed by atoms with Crippen molar-refractivity contribution < 1.29 is 18.8 Å². The van der Waals surface area contributed by atoms with Crippen LogP contribution in [-0.2, 0) is 28.4 Å². The van der Waals surface area contributed by atoms with E-state index in [1.807, 2.05) is 18.2 Å². The van der Waals surface area contributed by atoms with Gasteiger partial charge in [-0.1, -0.05) is 44.6 Å². The maximum absolute atomic E-state index is 13.1. The van der Waals surface area contributed by atoms with Crippen LogP contribution >= 0.6 is 11.8 Å². The number of thioether (sulfide) groups is 1. The molecule has 0 spiro atoms. The van der Waals surface area contributed by atoms with Gasteiger partial charge in [0.05, 0.1) is 12.3 Å². The van der Waals surface area contributed by atoms with E-state index in [0.717, 1.165) is 40.4 Å². The normalized spacial score (nSPS) is 22.7. The Hall–Kier alpha value is -2.58. The second-order valence-corrected chi connectivity index (χ2v) is 13.1. The lowest BCUT2D eigenvalue weighted by Gasteiger charge is -2.38. The summed E-state index contributed by atoms with van der Waals surface area (Å²) in [6.07, 6.45) is 14.3. The van der Waals surface area contributed by atoms with Crippen LogP contribution in [-0.4, -0.2) is 34.7 Å². The van der Waals surface area contributed by atoms with Crippen molar-refractivity contribution >= 4 is 29.5 Å². The Labute approximate surface area is 241 Å². The van der Waals surface area contributed by atoms with Crippen molar-refractivity contribution in [1.82, 2.24) is 15.5 Å². The highest BCUT2D eigenvalue weighted by Crippen LogP contribution is 2.37. The van der Waals surface area contributed by atoms with Gasteiger partial charge in [-0.2, -0.15) is 0 Å². The lowest BCUT2D eigenvalue weighted by Crippen LogP contribution is -2.52. The number of nitrogens with zero attached hydrogens (tertiary/aromatic N) is 1. The number of carbonyl (C=O) groups is 3. The first-order chi connectivity index (χ1) is 19.6. The van der Waals surface area contributed by atoms with Crippen molar-refractivity contribution in [2.24, 2.45) is 11.8 Å². The van der Waals surface area contributed by atoms with E-state index in [4.69, 9.17) is 4.42 Å². The molecule has 7 nitrogen and oxygen atoms in total. The monoisotopic (exact) mass is 563 g/mol. The molecule has 1 aromatic carbocycles. The van der Waals surface area contributed by atoms with Crippen LogP contribution in [0.25, 0.3) is 0 Å². The van der Waals surface area contributed by atoms with Crippen LogP contribution in [0.2, 0.25) is 0 Å². The minimum Gasteiger partial charge on any atom is -0.464 e. The highest BCUT2D eigenvalue weighted by atomic mass is 32.2. The van der Waals surface area contributed by atoms with Gasteiger partial charge in [-0.15, -0.1) is 11.8 Å². The van der Waals surface area contributed by atoms with E-state index in [1.165, 1.54) is 64.2 Å². The summed E-state index contributed by atoms with van der Waals surface area (Å²) in [4.78, 5) is 39.8. The summed E-state index contributed by atoms with van der Waals surface area (Å²) in [6.45, 7) is 1.17. The van der Waals surface area contributed by atoms with Crippen LogP contribution < -0.4 is 10.6 Å². The Balaban J connectivity index is 1.07. The quantitative estimate of drug-likeness (QED) is 0.289. The summed E-state index contributed by atoms with van der Waals surface area (Å²) in [5.74, 6) is 3.41. The molecule has 214 valence electrons. The van der Waals surface area contributed by atoms with E-state index < -0.39 is 6.04 Å². The molecule has 40 heavy (non-hydrogen) atoms. The summed E-state index contributed by atoms with van der Waals surface area (Å²) in [5.41, 5.74) is 1.61. The van der Waals surface area contributed by atoms with Gasteiger partial charge in [-0.05, 0) is 73.8 Å². The molecular weight excluding hydrogens is 522 g/mol. The second kappa shape index (κ2) is 12.5. The van der Waals surface area contributed by atoms with Gasteiger partial charge in [-0.25, -0.2) is 0 Å². The highest BCUT2D eigenvalue weighted by Gasteiger charge is 2.40. The van der Waals surface area contributed by atoms with E-state index in [1.54, 1.807) is 16.7 Å². The van der Waals surface area contributed by atoms with Crippen LogP contribution in [0.4, 0.5) is 0 Å². The zero-order chi connectivity index (χ0) is 27.5. The minimum absolute atomic E-state index is 0.135. The molecule has 1 aromatic heterocycles. The molecule has 2 N–H and O–H groups in total. The standard InChI is InChI=1S/C32H41N3O4S/c36-29-17-16-27(31(37)34-29)35-19-26-25(32(35)38)12-7-13-28(26)40-20-24-15-14-23(39-24)18-33-30(21-8-3-1-4-9-21)22-10-5-2-6-11-22/h7,12-15,21-22,27,30,33H,1-6,8-11,16-20H2,(H,34,36,37). The van der Waals surface area contributed by atoms with Crippen LogP contribution in [0.5, 0.6) is 0 Å². The summed E-state index contributed by atoms with van der Waals surface area (Å²) >= 11 is 1.67. The number of hydrogen-bond acceptors (Lipinski definition) is 6. The number of amides is 3. The number of benzene rings is 1. The zero-order valence-corrected chi connectivity index (χ0v) is 24.1. The molecule has 4 aliphatic rings. The summed E-state index contributed by atoms with van der Waals surface area (Å²) in [6, 6.07) is 9.95. The fourth-order valence-corrected chi connectivity index (χ4v) is 8.34. The summed E-state index contributed by atoms with van der Waals surface area (Å²) < 4.78 is 6.27. The number of fused-ring (bicyclic) bond motifs is 1. The first-order valence-electron chi connectivity index (χ1n) is 15.3. The van der Waals surface area contributed by atoms with E-state index >= 15 is 0 Å². The molecule has 2 aromatic rings. The van der Waals surface area contributed by atoms with Gasteiger partial charge in [0, 0.05) is 29.5 Å². The van der Waals surface area contributed by atoms with Crippen molar-refractivity contribution in [2.45, 2.75) is 113 Å². The van der Waals surface area contributed by atoms with Crippen molar-refractivity contribution in [3.05, 3.63) is 53.0 Å². The Morgan fingerprint density at radius 1 is 0.900 bits per heavy atom. The zero-order valence-electron chi connectivity index (χ0n) is 23.3. The molecule has 3 amide bonds. The Morgan fingerprint density at radius 2 is 1.60 bits per heavy atom. The van der Waals surface area contributed by atoms with E-state index in [9.17, 15) is 14.4 Å². The molecule has 1 atom stereocenters. The van der Waals surface area contributed by atoms with Gasteiger partial charge < -0.3 is 14.6 Å².